The van der Waals surface area contributed by atoms with Gasteiger partial charge in [0.05, 0.1) is 22.9 Å². The molecule has 0 N–H and O–H groups in total. The fourth-order valence-corrected chi connectivity index (χ4v) is 5.68. The number of halogens is 1. The summed E-state index contributed by atoms with van der Waals surface area (Å²) in [5.41, 5.74) is 1.19. The number of hydrogen-bond donors (Lipinski definition) is 0. The van der Waals surface area contributed by atoms with Crippen LogP contribution in [0.5, 0.6) is 0 Å². The predicted octanol–water partition coefficient (Wildman–Crippen LogP) is 3.39. The van der Waals surface area contributed by atoms with Crippen LogP contribution in [0.1, 0.15) is 19.4 Å². The van der Waals surface area contributed by atoms with E-state index >= 15 is 0 Å². The van der Waals surface area contributed by atoms with Crippen LogP contribution in [-0.4, -0.2) is 49.1 Å². The van der Waals surface area contributed by atoms with Crippen LogP contribution in [0.2, 0.25) is 0 Å². The molecule has 0 aliphatic carbocycles. The molecule has 2 atom stereocenters. The number of benzene rings is 2. The zero-order chi connectivity index (χ0) is 22.2. The number of rotatable bonds is 5. The lowest BCUT2D eigenvalue weighted by molar-refractivity contribution is -0.143. The lowest BCUT2D eigenvalue weighted by Gasteiger charge is -2.35. The topological polar surface area (TPSA) is 68.6 Å². The first-order valence-electron chi connectivity index (χ1n) is 10.2. The van der Waals surface area contributed by atoms with E-state index in [2.05, 4.69) is 0 Å². The monoisotopic (exact) mass is 444 g/mol. The van der Waals surface area contributed by atoms with Crippen molar-refractivity contribution in [2.24, 2.45) is 0 Å². The Morgan fingerprint density at radius 2 is 1.71 bits per heavy atom. The maximum absolute atomic E-state index is 13.2. The Bertz CT molecular complexity index is 1190. The predicted molar refractivity (Wildman–Crippen MR) is 116 cm³/mol. The molecule has 0 spiro atoms. The maximum atomic E-state index is 13.2. The average Bonchev–Trinajstić information content (AvgIpc) is 3.08. The Balaban J connectivity index is 1.64. The fourth-order valence-electron chi connectivity index (χ4n) is 4.10. The number of carbonyl (C=O) groups excluding carboxylic acids is 1. The number of aromatic nitrogens is 1. The maximum Gasteiger partial charge on any atom is 0.242 e. The van der Waals surface area contributed by atoms with Crippen molar-refractivity contribution in [1.82, 2.24) is 9.47 Å². The van der Waals surface area contributed by atoms with Crippen molar-refractivity contribution in [1.29, 1.82) is 0 Å². The average molecular weight is 445 g/mol. The molecule has 1 saturated heterocycles. The summed E-state index contributed by atoms with van der Waals surface area (Å²) in [5.74, 6) is -0.735. The molecule has 1 aromatic heterocycles. The Kier molecular flexibility index (Phi) is 5.85. The number of hydrogen-bond acceptors (Lipinski definition) is 4. The molecule has 0 unspecified atom stereocenters. The van der Waals surface area contributed by atoms with Crippen molar-refractivity contribution in [2.75, 3.05) is 13.1 Å². The number of fused-ring (bicyclic) bond motifs is 1. The first-order valence-corrected chi connectivity index (χ1v) is 11.9. The van der Waals surface area contributed by atoms with E-state index in [0.29, 0.717) is 29.6 Å². The number of ether oxygens (including phenoxy) is 1. The number of nitrogens with zero attached hydrogens (tertiary/aromatic N) is 2. The molecule has 8 heteroatoms. The van der Waals surface area contributed by atoms with Crippen molar-refractivity contribution >= 4 is 26.6 Å². The molecule has 164 valence electrons. The largest absolute Gasteiger partial charge is 0.372 e. The number of amides is 1. The molecule has 1 aliphatic rings. The summed E-state index contributed by atoms with van der Waals surface area (Å²) in [6.45, 7) is 4.93. The molecule has 1 amide bonds. The molecule has 3 aromatic rings. The molecule has 6 nitrogen and oxygen atoms in total. The van der Waals surface area contributed by atoms with E-state index in [4.69, 9.17) is 4.74 Å². The van der Waals surface area contributed by atoms with Crippen molar-refractivity contribution in [3.8, 4) is 0 Å². The summed E-state index contributed by atoms with van der Waals surface area (Å²) in [6, 6.07) is 12.6. The molecule has 31 heavy (non-hydrogen) atoms. The summed E-state index contributed by atoms with van der Waals surface area (Å²) >= 11 is 0. The highest BCUT2D eigenvalue weighted by Crippen LogP contribution is 2.28. The van der Waals surface area contributed by atoms with Crippen molar-refractivity contribution in [2.45, 2.75) is 43.2 Å². The smallest absolute Gasteiger partial charge is 0.242 e. The fraction of sp³-hybridized carbons (Fsp3) is 0.348. The van der Waals surface area contributed by atoms with Crippen molar-refractivity contribution in [3.63, 3.8) is 0 Å². The van der Waals surface area contributed by atoms with Gasteiger partial charge in [0.15, 0.2) is 9.84 Å². The summed E-state index contributed by atoms with van der Waals surface area (Å²) in [6.07, 6.45) is 1.45. The van der Waals surface area contributed by atoms with Crippen LogP contribution in [0.15, 0.2) is 59.6 Å². The van der Waals surface area contributed by atoms with Gasteiger partial charge in [-0.3, -0.25) is 4.79 Å². The molecule has 4 rings (SSSR count). The molecule has 0 radical (unpaired) electrons. The van der Waals surface area contributed by atoms with Gasteiger partial charge in [0.2, 0.25) is 5.91 Å². The Morgan fingerprint density at radius 1 is 1.06 bits per heavy atom. The minimum absolute atomic E-state index is 0.0410. The van der Waals surface area contributed by atoms with Crippen molar-refractivity contribution in [3.05, 3.63) is 66.1 Å². The first-order chi connectivity index (χ1) is 14.7. The van der Waals surface area contributed by atoms with Crippen LogP contribution >= 0.6 is 0 Å². The van der Waals surface area contributed by atoms with Gasteiger partial charge >= 0.3 is 0 Å². The Morgan fingerprint density at radius 3 is 2.39 bits per heavy atom. The molecule has 1 aliphatic heterocycles. The van der Waals surface area contributed by atoms with Crippen LogP contribution in [-0.2, 0) is 31.7 Å². The molecule has 2 heterocycles. The second-order valence-corrected chi connectivity index (χ2v) is 10.0. The molecule has 0 saturated carbocycles. The highest BCUT2D eigenvalue weighted by molar-refractivity contribution is 7.90. The third-order valence-corrected chi connectivity index (χ3v) is 7.14. The van der Waals surface area contributed by atoms with E-state index < -0.39 is 15.7 Å². The molecule has 1 fully saturated rings. The minimum atomic E-state index is -3.70. The standard InChI is InChI=1S/C23H25FN2O4S/c1-16-11-26(12-17(2)30-16)23(27)14-25-13-22(20-5-3-4-6-21(20)25)31(28,29)15-18-7-9-19(24)10-8-18/h3-10,13,16-17H,11-12,14-15H2,1-2H3/t16-,17+. The van der Waals surface area contributed by atoms with Crippen LogP contribution in [0.4, 0.5) is 4.39 Å². The second kappa shape index (κ2) is 8.43. The van der Waals surface area contributed by atoms with Crippen LogP contribution in [0, 0.1) is 5.82 Å². The van der Waals surface area contributed by atoms with E-state index in [1.165, 1.54) is 30.5 Å². The SMILES string of the molecule is C[C@@H]1CN(C(=O)Cn2cc(S(=O)(=O)Cc3ccc(F)cc3)c3ccccc32)C[C@H](C)O1. The minimum Gasteiger partial charge on any atom is -0.372 e. The number of carbonyl (C=O) groups is 1. The summed E-state index contributed by atoms with van der Waals surface area (Å²) < 4.78 is 46.9. The van der Waals surface area contributed by atoms with Gasteiger partial charge in [0.25, 0.3) is 0 Å². The molecule has 2 aromatic carbocycles. The highest BCUT2D eigenvalue weighted by Gasteiger charge is 2.27. The van der Waals surface area contributed by atoms with Crippen LogP contribution in [0.3, 0.4) is 0 Å². The third-order valence-electron chi connectivity index (χ3n) is 5.43. The van der Waals surface area contributed by atoms with E-state index in [1.807, 2.05) is 26.0 Å². The second-order valence-electron chi connectivity index (χ2n) is 8.08. The van der Waals surface area contributed by atoms with Crippen LogP contribution < -0.4 is 0 Å². The zero-order valence-electron chi connectivity index (χ0n) is 17.5. The van der Waals surface area contributed by atoms with E-state index in [9.17, 15) is 17.6 Å². The van der Waals surface area contributed by atoms with E-state index in [0.717, 1.165) is 0 Å². The molecule has 0 bridgehead atoms. The Hall–Kier alpha value is -2.71. The van der Waals surface area contributed by atoms with E-state index in [-0.39, 0.29) is 35.3 Å². The molecular weight excluding hydrogens is 419 g/mol. The lowest BCUT2D eigenvalue weighted by Crippen LogP contribution is -2.49. The van der Waals surface area contributed by atoms with Gasteiger partial charge in [-0.1, -0.05) is 30.3 Å². The van der Waals surface area contributed by atoms with Gasteiger partial charge in [-0.15, -0.1) is 0 Å². The third kappa shape index (κ3) is 4.65. The van der Waals surface area contributed by atoms with Gasteiger partial charge in [0.1, 0.15) is 12.4 Å². The summed E-state index contributed by atoms with van der Waals surface area (Å²) in [7, 11) is -3.70. The number of morpholine rings is 1. The van der Waals surface area contributed by atoms with Gasteiger partial charge < -0.3 is 14.2 Å². The first kappa shape index (κ1) is 21.5. The lowest BCUT2D eigenvalue weighted by atomic mass is 10.2. The highest BCUT2D eigenvalue weighted by atomic mass is 32.2. The molecular formula is C23H25FN2O4S. The van der Waals surface area contributed by atoms with Crippen molar-refractivity contribution < 1.29 is 22.3 Å². The Labute approximate surface area is 181 Å². The zero-order valence-corrected chi connectivity index (χ0v) is 18.3. The van der Waals surface area contributed by atoms with Gasteiger partial charge in [0, 0.05) is 30.2 Å². The van der Waals surface area contributed by atoms with Gasteiger partial charge in [-0.05, 0) is 37.6 Å². The van der Waals surface area contributed by atoms with Gasteiger partial charge in [-0.25, -0.2) is 12.8 Å². The quantitative estimate of drug-likeness (QED) is 0.605. The normalized spacial score (nSPS) is 19.6. The number of sulfone groups is 1. The van der Waals surface area contributed by atoms with Crippen LogP contribution in [0.25, 0.3) is 10.9 Å². The van der Waals surface area contributed by atoms with Gasteiger partial charge in [-0.2, -0.15) is 0 Å². The number of para-hydroxylation sites is 1. The summed E-state index contributed by atoms with van der Waals surface area (Å²) in [4.78, 5) is 14.9. The van der Waals surface area contributed by atoms with E-state index in [1.54, 1.807) is 21.6 Å². The summed E-state index contributed by atoms with van der Waals surface area (Å²) in [5, 5.41) is 0.570.